The summed E-state index contributed by atoms with van der Waals surface area (Å²) in [7, 11) is 0. The van der Waals surface area contributed by atoms with E-state index in [4.69, 9.17) is 11.5 Å². The van der Waals surface area contributed by atoms with Gasteiger partial charge < -0.3 is 11.5 Å². The average molecular weight is 446 g/mol. The SMILES string of the molecule is N[13c]1[13cH][13cH][13c]2ccc3cccc4cc[13c]1[13c]2c34.Nc1ccc2cc[13c]3[13cH][13cH][13cH][13c]4ccc1c2[13c]34. The summed E-state index contributed by atoms with van der Waals surface area (Å²) in [6.07, 6.45) is 0. The number of nitrogens with two attached hydrogens (primary N) is 2. The third-order valence-electron chi connectivity index (χ3n) is 7.12. The summed E-state index contributed by atoms with van der Waals surface area (Å²) in [5, 5.41) is 15.2. The van der Waals surface area contributed by atoms with Gasteiger partial charge in [-0.05, 0) is 66.0 Å². The van der Waals surface area contributed by atoms with Gasteiger partial charge in [0, 0.05) is 22.1 Å². The summed E-state index contributed by atoms with van der Waals surface area (Å²) in [6, 6.07) is 38.3. The molecule has 0 fully saturated rings. The fourth-order valence-corrected chi connectivity index (χ4v) is 5.52. The van der Waals surface area contributed by atoms with Crippen molar-refractivity contribution in [3.05, 3.63) is 109 Å². The molecule has 0 aliphatic rings. The number of hydrogen-bond acceptors (Lipinski definition) is 2. The number of benzene rings is 8. The minimum Gasteiger partial charge on any atom is -0.398 e. The molecule has 0 aliphatic carbocycles. The molecule has 0 radical (unpaired) electrons. The van der Waals surface area contributed by atoms with E-state index in [-0.39, 0.29) is 0 Å². The lowest BCUT2D eigenvalue weighted by molar-refractivity contribution is 1.76. The second-order valence-corrected chi connectivity index (χ2v) is 9.02. The van der Waals surface area contributed by atoms with Crippen LogP contribution in [0.5, 0.6) is 0 Å². The normalized spacial score (nSPS) is 11.8. The first kappa shape index (κ1) is 19.0. The van der Waals surface area contributed by atoms with E-state index < -0.39 is 0 Å². The van der Waals surface area contributed by atoms with Crippen LogP contribution in [0.3, 0.4) is 0 Å². The van der Waals surface area contributed by atoms with Crippen molar-refractivity contribution >= 4 is 76.0 Å². The number of anilines is 2. The Balaban J connectivity index is 0.000000118. The highest BCUT2D eigenvalue weighted by molar-refractivity contribution is 6.26. The second kappa shape index (κ2) is 6.97. The third-order valence-corrected chi connectivity index (χ3v) is 7.12. The second-order valence-electron chi connectivity index (χ2n) is 9.02. The molecule has 4 N–H and O–H groups in total. The van der Waals surface area contributed by atoms with E-state index in [0.717, 1.165) is 22.1 Å². The van der Waals surface area contributed by atoms with Crippen molar-refractivity contribution in [2.45, 2.75) is 0 Å². The fraction of sp³-hybridized carbons (Fsp3) is 0. The first-order chi connectivity index (χ1) is 16.7. The van der Waals surface area contributed by atoms with Crippen LogP contribution in [-0.4, -0.2) is 0 Å². The smallest absolute Gasteiger partial charge is 0.0394 e. The molecule has 8 aromatic carbocycles. The summed E-state index contributed by atoms with van der Waals surface area (Å²) in [6.45, 7) is 0. The van der Waals surface area contributed by atoms with Crippen LogP contribution >= 0.6 is 0 Å². The van der Waals surface area contributed by atoms with Crippen LogP contribution in [0.1, 0.15) is 0 Å². The molecular formula is C32H22N2. The molecule has 0 aliphatic heterocycles. The van der Waals surface area contributed by atoms with Crippen LogP contribution in [0, 0.1) is 0 Å². The first-order valence-electron chi connectivity index (χ1n) is 11.5. The van der Waals surface area contributed by atoms with Crippen LogP contribution in [0.25, 0.3) is 64.6 Å². The van der Waals surface area contributed by atoms with Crippen LogP contribution in [0.4, 0.5) is 11.4 Å². The molecule has 0 saturated heterocycles. The summed E-state index contributed by atoms with van der Waals surface area (Å²) < 4.78 is 0. The molecule has 0 amide bonds. The van der Waals surface area contributed by atoms with Gasteiger partial charge in [-0.15, -0.1) is 0 Å². The van der Waals surface area contributed by atoms with Crippen molar-refractivity contribution in [2.24, 2.45) is 0 Å². The van der Waals surface area contributed by atoms with E-state index >= 15 is 0 Å². The monoisotopic (exact) mass is 446 g/mol. The highest BCUT2D eigenvalue weighted by Crippen LogP contribution is 2.37. The zero-order chi connectivity index (χ0) is 22.8. The standard InChI is InChI=1S/2C16H11N/c2*17-14-9-7-12-5-4-10-2-1-3-11-6-8-13(14)16(12)15(10)11/h2*1-9H,17H2/i7+1,9+1,12+1,13+1,14+1,16+1;1+1,2+1,3+1,10+1,11+1,15+1. The van der Waals surface area contributed by atoms with Gasteiger partial charge in [0.2, 0.25) is 0 Å². The van der Waals surface area contributed by atoms with E-state index in [9.17, 15) is 0 Å². The number of rotatable bonds is 0. The Morgan fingerprint density at radius 2 is 0.588 bits per heavy atom. The van der Waals surface area contributed by atoms with Crippen LogP contribution in [0.2, 0.25) is 0 Å². The van der Waals surface area contributed by atoms with Gasteiger partial charge in [0.15, 0.2) is 0 Å². The van der Waals surface area contributed by atoms with Crippen LogP contribution in [-0.2, 0) is 0 Å². The predicted molar refractivity (Wildman–Crippen MR) is 149 cm³/mol. The quantitative estimate of drug-likeness (QED) is 0.182. The Bertz CT molecular complexity index is 1810. The molecule has 2 heteroatoms. The highest BCUT2D eigenvalue weighted by atomic mass is 15.0. The summed E-state index contributed by atoms with van der Waals surface area (Å²) in [5.74, 6) is 0. The molecule has 8 rings (SSSR count). The Morgan fingerprint density at radius 1 is 0.294 bits per heavy atom. The van der Waals surface area contributed by atoms with Crippen molar-refractivity contribution in [3.63, 3.8) is 0 Å². The van der Waals surface area contributed by atoms with Gasteiger partial charge in [0.05, 0.1) is 0 Å². The number of hydrogen-bond donors (Lipinski definition) is 2. The van der Waals surface area contributed by atoms with E-state index in [0.29, 0.717) is 0 Å². The van der Waals surface area contributed by atoms with E-state index in [1.54, 1.807) is 0 Å². The Labute approximate surface area is 196 Å². The molecule has 0 saturated carbocycles. The third kappa shape index (κ3) is 2.63. The van der Waals surface area contributed by atoms with Gasteiger partial charge in [-0.3, -0.25) is 0 Å². The van der Waals surface area contributed by atoms with Gasteiger partial charge in [0.25, 0.3) is 0 Å². The zero-order valence-corrected chi connectivity index (χ0v) is 18.5. The van der Waals surface area contributed by atoms with Crippen molar-refractivity contribution in [1.82, 2.24) is 0 Å². The molecule has 0 bridgehead atoms. The molecule has 0 spiro atoms. The molecule has 34 heavy (non-hydrogen) atoms. The predicted octanol–water partition coefficient (Wildman–Crippen LogP) is 8.33. The lowest BCUT2D eigenvalue weighted by atomic mass is 10.1. The van der Waals surface area contributed by atoms with Gasteiger partial charge in [0.1, 0.15) is 0 Å². The van der Waals surface area contributed by atoms with E-state index in [2.05, 4.69) is 97.1 Å². The Hall–Kier alpha value is -4.56. The summed E-state index contributed by atoms with van der Waals surface area (Å²) >= 11 is 0. The highest BCUT2D eigenvalue weighted by Gasteiger charge is 2.09. The molecule has 0 atom stereocenters. The van der Waals surface area contributed by atoms with Gasteiger partial charge in [-0.25, -0.2) is 0 Å². The Morgan fingerprint density at radius 3 is 0.971 bits per heavy atom. The molecule has 160 valence electrons. The van der Waals surface area contributed by atoms with E-state index in [1.165, 1.54) is 53.9 Å². The minimum absolute atomic E-state index is 0.857. The molecule has 0 aromatic heterocycles. The molecule has 0 unspecified atom stereocenters. The van der Waals surface area contributed by atoms with Crippen molar-refractivity contribution < 1.29 is 0 Å². The average Bonchev–Trinajstić information content (AvgIpc) is 2.88. The lowest BCUT2D eigenvalue weighted by Crippen LogP contribution is -1.89. The topological polar surface area (TPSA) is 52.0 Å². The maximum atomic E-state index is 6.07. The first-order valence-corrected chi connectivity index (χ1v) is 11.5. The maximum absolute atomic E-state index is 6.07. The summed E-state index contributed by atoms with van der Waals surface area (Å²) in [4.78, 5) is 0. The van der Waals surface area contributed by atoms with E-state index in [1.807, 2.05) is 12.1 Å². The summed E-state index contributed by atoms with van der Waals surface area (Å²) in [5.41, 5.74) is 13.8. The molecule has 8 aromatic rings. The van der Waals surface area contributed by atoms with Gasteiger partial charge >= 0.3 is 0 Å². The van der Waals surface area contributed by atoms with Gasteiger partial charge in [-0.1, -0.05) is 97.1 Å². The van der Waals surface area contributed by atoms with Gasteiger partial charge in [-0.2, -0.15) is 0 Å². The lowest BCUT2D eigenvalue weighted by Gasteiger charge is -2.11. The van der Waals surface area contributed by atoms with Crippen molar-refractivity contribution in [2.75, 3.05) is 11.5 Å². The molecule has 0 heterocycles. The largest absolute Gasteiger partial charge is 0.398 e. The van der Waals surface area contributed by atoms with Crippen molar-refractivity contribution in [1.29, 1.82) is 0 Å². The fourth-order valence-electron chi connectivity index (χ4n) is 5.52. The van der Waals surface area contributed by atoms with Crippen LogP contribution < -0.4 is 11.5 Å². The number of nitrogen functional groups attached to an aromatic ring is 2. The van der Waals surface area contributed by atoms with Crippen LogP contribution in [0.15, 0.2) is 109 Å². The Kier molecular flexibility index (Phi) is 3.88. The molecular weight excluding hydrogens is 424 g/mol. The molecule has 2 nitrogen and oxygen atoms in total. The zero-order valence-electron chi connectivity index (χ0n) is 18.5. The maximum Gasteiger partial charge on any atom is 0.0394 e. The minimum atomic E-state index is 0.857. The van der Waals surface area contributed by atoms with Crippen molar-refractivity contribution in [3.8, 4) is 0 Å².